The minimum Gasteiger partial charge on any atom is -0.422 e. The standard InChI is InChI=1S/C19H17NO3/c1-2-16(13-8-4-3-5-9-13)20-18(21)15-12-14-10-6-7-11-17(14)23-19(15)22/h3-12,16H,2H2,1H3,(H,20,21)/t16-/m1/s1. The third-order valence-corrected chi connectivity index (χ3v) is 3.80. The van der Waals surface area contributed by atoms with Crippen molar-refractivity contribution in [3.63, 3.8) is 0 Å². The van der Waals surface area contributed by atoms with Gasteiger partial charge >= 0.3 is 5.63 Å². The molecule has 0 spiro atoms. The molecule has 4 nitrogen and oxygen atoms in total. The van der Waals surface area contributed by atoms with Crippen molar-refractivity contribution in [3.05, 3.63) is 82.2 Å². The van der Waals surface area contributed by atoms with E-state index in [2.05, 4.69) is 5.32 Å². The lowest BCUT2D eigenvalue weighted by Gasteiger charge is -2.17. The third-order valence-electron chi connectivity index (χ3n) is 3.80. The molecule has 0 radical (unpaired) electrons. The second kappa shape index (κ2) is 6.48. The molecule has 0 unspecified atom stereocenters. The molecule has 1 aromatic heterocycles. The van der Waals surface area contributed by atoms with Crippen LogP contribution >= 0.6 is 0 Å². The largest absolute Gasteiger partial charge is 0.422 e. The normalized spacial score (nSPS) is 12.0. The predicted molar refractivity (Wildman–Crippen MR) is 89.4 cm³/mol. The van der Waals surface area contributed by atoms with E-state index >= 15 is 0 Å². The van der Waals surface area contributed by atoms with Gasteiger partial charge in [-0.1, -0.05) is 55.5 Å². The van der Waals surface area contributed by atoms with Gasteiger partial charge in [-0.25, -0.2) is 4.79 Å². The first-order chi connectivity index (χ1) is 11.2. The Bertz CT molecular complexity index is 884. The van der Waals surface area contributed by atoms with Crippen molar-refractivity contribution in [2.75, 3.05) is 0 Å². The molecule has 0 saturated carbocycles. The van der Waals surface area contributed by atoms with Crippen molar-refractivity contribution in [3.8, 4) is 0 Å². The molecule has 4 heteroatoms. The highest BCUT2D eigenvalue weighted by Gasteiger charge is 2.18. The molecule has 23 heavy (non-hydrogen) atoms. The average molecular weight is 307 g/mol. The zero-order chi connectivity index (χ0) is 16.2. The molecular weight excluding hydrogens is 290 g/mol. The van der Waals surface area contributed by atoms with Gasteiger partial charge in [0.15, 0.2) is 0 Å². The lowest BCUT2D eigenvalue weighted by Crippen LogP contribution is -2.31. The van der Waals surface area contributed by atoms with Crippen molar-refractivity contribution in [1.82, 2.24) is 5.32 Å². The van der Waals surface area contributed by atoms with Gasteiger partial charge in [-0.3, -0.25) is 4.79 Å². The number of para-hydroxylation sites is 1. The van der Waals surface area contributed by atoms with E-state index in [1.165, 1.54) is 0 Å². The SMILES string of the molecule is CC[C@@H](NC(=O)c1cc2ccccc2oc1=O)c1ccccc1. The summed E-state index contributed by atoms with van der Waals surface area (Å²) in [5.74, 6) is -0.416. The Labute approximate surface area is 133 Å². The van der Waals surface area contributed by atoms with Crippen LogP contribution in [0.2, 0.25) is 0 Å². The fourth-order valence-electron chi connectivity index (χ4n) is 2.56. The average Bonchev–Trinajstić information content (AvgIpc) is 2.59. The smallest absolute Gasteiger partial charge is 0.349 e. The Morgan fingerprint density at radius 2 is 1.78 bits per heavy atom. The molecule has 0 aliphatic carbocycles. The molecule has 0 fully saturated rings. The molecule has 0 aliphatic heterocycles. The van der Waals surface area contributed by atoms with Gasteiger partial charge in [0.05, 0.1) is 6.04 Å². The summed E-state index contributed by atoms with van der Waals surface area (Å²) in [6.07, 6.45) is 0.731. The highest BCUT2D eigenvalue weighted by molar-refractivity contribution is 5.96. The maximum atomic E-state index is 12.5. The number of nitrogens with one attached hydrogen (secondary N) is 1. The topological polar surface area (TPSA) is 59.3 Å². The Hall–Kier alpha value is -2.88. The van der Waals surface area contributed by atoms with E-state index < -0.39 is 11.5 Å². The van der Waals surface area contributed by atoms with Gasteiger partial charge in [-0.2, -0.15) is 0 Å². The van der Waals surface area contributed by atoms with Gasteiger partial charge in [0, 0.05) is 5.39 Å². The Balaban J connectivity index is 1.91. The van der Waals surface area contributed by atoms with E-state index in [1.54, 1.807) is 18.2 Å². The molecule has 1 N–H and O–H groups in total. The summed E-state index contributed by atoms with van der Waals surface area (Å²) in [7, 11) is 0. The fraction of sp³-hybridized carbons (Fsp3) is 0.158. The van der Waals surface area contributed by atoms with Crippen LogP contribution in [-0.2, 0) is 0 Å². The first-order valence-electron chi connectivity index (χ1n) is 7.57. The highest BCUT2D eigenvalue weighted by Crippen LogP contribution is 2.17. The zero-order valence-corrected chi connectivity index (χ0v) is 12.8. The van der Waals surface area contributed by atoms with Crippen LogP contribution in [0.3, 0.4) is 0 Å². The monoisotopic (exact) mass is 307 g/mol. The van der Waals surface area contributed by atoms with Crippen LogP contribution in [0.4, 0.5) is 0 Å². The maximum Gasteiger partial charge on any atom is 0.349 e. The zero-order valence-electron chi connectivity index (χ0n) is 12.8. The summed E-state index contributed by atoms with van der Waals surface area (Å²) in [5, 5.41) is 3.63. The number of amides is 1. The summed E-state index contributed by atoms with van der Waals surface area (Å²) in [6.45, 7) is 1.99. The lowest BCUT2D eigenvalue weighted by molar-refractivity contribution is 0.0932. The summed E-state index contributed by atoms with van der Waals surface area (Å²) in [5.41, 5.74) is 0.889. The van der Waals surface area contributed by atoms with E-state index in [0.29, 0.717) is 5.58 Å². The van der Waals surface area contributed by atoms with Gasteiger partial charge in [0.1, 0.15) is 11.1 Å². The fourth-order valence-corrected chi connectivity index (χ4v) is 2.56. The van der Waals surface area contributed by atoms with Crippen molar-refractivity contribution in [1.29, 1.82) is 0 Å². The summed E-state index contributed by atoms with van der Waals surface area (Å²) in [4.78, 5) is 24.5. The Morgan fingerprint density at radius 1 is 1.09 bits per heavy atom. The number of rotatable bonds is 4. The number of benzene rings is 2. The second-order valence-corrected chi connectivity index (χ2v) is 5.33. The molecule has 3 rings (SSSR count). The summed E-state index contributed by atoms with van der Waals surface area (Å²) in [6, 6.07) is 18.3. The van der Waals surface area contributed by atoms with Crippen LogP contribution in [0.15, 0.2) is 69.9 Å². The predicted octanol–water partition coefficient (Wildman–Crippen LogP) is 3.67. The Kier molecular flexibility index (Phi) is 4.24. The highest BCUT2D eigenvalue weighted by atomic mass is 16.4. The minimum atomic E-state index is -0.621. The van der Waals surface area contributed by atoms with Crippen molar-refractivity contribution in [2.45, 2.75) is 19.4 Å². The van der Waals surface area contributed by atoms with E-state index in [0.717, 1.165) is 17.4 Å². The van der Waals surface area contributed by atoms with Crippen molar-refractivity contribution >= 4 is 16.9 Å². The van der Waals surface area contributed by atoms with E-state index in [9.17, 15) is 9.59 Å². The van der Waals surface area contributed by atoms with Crippen LogP contribution in [0.1, 0.15) is 35.3 Å². The van der Waals surface area contributed by atoms with Crippen LogP contribution in [0.25, 0.3) is 11.0 Å². The van der Waals surface area contributed by atoms with Crippen LogP contribution < -0.4 is 10.9 Å². The van der Waals surface area contributed by atoms with Gasteiger partial charge in [0.25, 0.3) is 5.91 Å². The van der Waals surface area contributed by atoms with Gasteiger partial charge in [0.2, 0.25) is 0 Å². The molecular formula is C19H17NO3. The minimum absolute atomic E-state index is 0.0260. The quantitative estimate of drug-likeness (QED) is 0.748. The molecule has 2 aromatic carbocycles. The maximum absolute atomic E-state index is 12.5. The molecule has 1 heterocycles. The second-order valence-electron chi connectivity index (χ2n) is 5.33. The van der Waals surface area contributed by atoms with Gasteiger partial charge < -0.3 is 9.73 Å². The molecule has 1 atom stereocenters. The first kappa shape index (κ1) is 15.0. The number of hydrogen-bond donors (Lipinski definition) is 1. The number of carbonyl (C=O) groups is 1. The molecule has 0 bridgehead atoms. The molecule has 0 saturated heterocycles. The van der Waals surface area contributed by atoms with E-state index in [-0.39, 0.29) is 11.6 Å². The van der Waals surface area contributed by atoms with E-state index in [1.807, 2.05) is 49.4 Å². The number of hydrogen-bond acceptors (Lipinski definition) is 3. The van der Waals surface area contributed by atoms with Crippen molar-refractivity contribution in [2.24, 2.45) is 0 Å². The number of fused-ring (bicyclic) bond motifs is 1. The molecule has 3 aromatic rings. The number of carbonyl (C=O) groups excluding carboxylic acids is 1. The third kappa shape index (κ3) is 3.16. The van der Waals surface area contributed by atoms with Gasteiger partial charge in [-0.05, 0) is 24.1 Å². The van der Waals surface area contributed by atoms with Crippen LogP contribution in [0.5, 0.6) is 0 Å². The van der Waals surface area contributed by atoms with E-state index in [4.69, 9.17) is 4.42 Å². The van der Waals surface area contributed by atoms with Crippen molar-refractivity contribution < 1.29 is 9.21 Å². The molecule has 116 valence electrons. The first-order valence-corrected chi connectivity index (χ1v) is 7.57. The molecule has 0 aliphatic rings. The summed E-state index contributed by atoms with van der Waals surface area (Å²) < 4.78 is 5.22. The van der Waals surface area contributed by atoms with Crippen LogP contribution in [-0.4, -0.2) is 5.91 Å². The summed E-state index contributed by atoms with van der Waals surface area (Å²) >= 11 is 0. The molecule has 1 amide bonds. The lowest BCUT2D eigenvalue weighted by atomic mass is 10.0. The van der Waals surface area contributed by atoms with Crippen LogP contribution in [0, 0.1) is 0 Å². The van der Waals surface area contributed by atoms with Gasteiger partial charge in [-0.15, -0.1) is 0 Å². The Morgan fingerprint density at radius 3 is 2.52 bits per heavy atom.